The van der Waals surface area contributed by atoms with Crippen LogP contribution in [0.4, 0.5) is 0 Å². The number of fused-ring (bicyclic) bond motifs is 7. The lowest BCUT2D eigenvalue weighted by atomic mass is 10.0. The van der Waals surface area contributed by atoms with Crippen LogP contribution in [0.15, 0.2) is 186 Å². The van der Waals surface area contributed by atoms with Crippen molar-refractivity contribution in [1.29, 1.82) is 0 Å². The molecule has 0 atom stereocenters. The first-order valence-electron chi connectivity index (χ1n) is 20.2. The van der Waals surface area contributed by atoms with Crippen LogP contribution in [0.3, 0.4) is 0 Å². The van der Waals surface area contributed by atoms with Crippen LogP contribution in [0.2, 0.25) is 0 Å². The molecule has 0 N–H and O–H groups in total. The highest BCUT2D eigenvalue weighted by Gasteiger charge is 2.21. The zero-order valence-corrected chi connectivity index (χ0v) is 28.6. The van der Waals surface area contributed by atoms with E-state index in [-0.39, 0.29) is 17.6 Å². The first-order valence-corrected chi connectivity index (χ1v) is 17.7. The maximum atomic E-state index is 8.65. The first-order chi connectivity index (χ1) is 28.9. The van der Waals surface area contributed by atoms with E-state index in [0.717, 1.165) is 65.7 Å². The van der Waals surface area contributed by atoms with Gasteiger partial charge in [-0.25, -0.2) is 15.0 Å². The summed E-state index contributed by atoms with van der Waals surface area (Å²) in [6, 6.07) is 48.8. The second-order valence-corrected chi connectivity index (χ2v) is 13.2. The van der Waals surface area contributed by atoms with E-state index in [9.17, 15) is 0 Å². The second-order valence-electron chi connectivity index (χ2n) is 13.2. The minimum absolute atomic E-state index is 0.0885. The van der Waals surface area contributed by atoms with Gasteiger partial charge in [-0.05, 0) is 47.3 Å². The summed E-state index contributed by atoms with van der Waals surface area (Å²) in [6.45, 7) is 0. The van der Waals surface area contributed by atoms with E-state index in [2.05, 4.69) is 89.5 Å². The van der Waals surface area contributed by atoms with Crippen molar-refractivity contribution in [3.63, 3.8) is 0 Å². The number of hydrogen-bond acceptors (Lipinski definition) is 4. The summed E-state index contributed by atoms with van der Waals surface area (Å²) in [6.07, 6.45) is 0. The molecule has 0 unspecified atom stereocenters. The summed E-state index contributed by atoms with van der Waals surface area (Å²) in [4.78, 5) is 15.5. The molecule has 5 heteroatoms. The zero-order chi connectivity index (χ0) is 39.9. The number of benzene rings is 8. The van der Waals surface area contributed by atoms with Crippen molar-refractivity contribution in [3.05, 3.63) is 182 Å². The number of furan rings is 1. The summed E-state index contributed by atoms with van der Waals surface area (Å²) in [5.74, 6) is 1.51. The Morgan fingerprint density at radius 1 is 0.463 bits per heavy atom. The zero-order valence-electron chi connectivity index (χ0n) is 33.6. The number of aromatic nitrogens is 4. The average Bonchev–Trinajstić information content (AvgIpc) is 3.84. The molecule has 0 aliphatic heterocycles. The summed E-state index contributed by atoms with van der Waals surface area (Å²) in [5, 5.41) is 5.97. The van der Waals surface area contributed by atoms with Crippen LogP contribution in [0.1, 0.15) is 6.85 Å². The van der Waals surface area contributed by atoms with Crippen LogP contribution in [0.25, 0.3) is 105 Å². The van der Waals surface area contributed by atoms with Crippen LogP contribution >= 0.6 is 0 Å². The van der Waals surface area contributed by atoms with Gasteiger partial charge < -0.3 is 8.98 Å². The Hall–Kier alpha value is -7.37. The quantitative estimate of drug-likeness (QED) is 0.180. The van der Waals surface area contributed by atoms with Gasteiger partial charge in [0.1, 0.15) is 11.2 Å². The molecule has 0 saturated heterocycles. The third kappa shape index (κ3) is 4.76. The standard InChI is InChI=1S/C49H30N4O/c1-3-14-32(15-4-1)36-22-12-24-39-41-30-34(28-29-44(41)54-46(36)39)48-50-47(33-17-5-2-6-18-33)51-49(52-48)40-25-13-23-38-37-21-9-10-26-43(37)53(45(38)40)42-27-11-19-31-16-7-8-20-35(31)42/h1-30H/i1D,3D,4D,14D,15D. The molecular formula is C49H30N4O. The molecule has 0 saturated carbocycles. The molecule has 8 aromatic carbocycles. The van der Waals surface area contributed by atoms with E-state index in [1.807, 2.05) is 60.7 Å². The molecule has 3 aromatic heterocycles. The van der Waals surface area contributed by atoms with Crippen molar-refractivity contribution in [3.8, 4) is 51.0 Å². The van der Waals surface area contributed by atoms with Crippen molar-refractivity contribution in [2.24, 2.45) is 0 Å². The van der Waals surface area contributed by atoms with Crippen LogP contribution in [-0.4, -0.2) is 19.5 Å². The van der Waals surface area contributed by atoms with Gasteiger partial charge in [-0.15, -0.1) is 0 Å². The fourth-order valence-corrected chi connectivity index (χ4v) is 7.71. The van der Waals surface area contributed by atoms with E-state index in [0.29, 0.717) is 34.2 Å². The van der Waals surface area contributed by atoms with Gasteiger partial charge >= 0.3 is 0 Å². The van der Waals surface area contributed by atoms with Gasteiger partial charge in [0.15, 0.2) is 17.5 Å². The Kier molecular flexibility index (Phi) is 5.73. The lowest BCUT2D eigenvalue weighted by Crippen LogP contribution is -2.02. The molecule has 252 valence electrons. The maximum Gasteiger partial charge on any atom is 0.166 e. The molecule has 5 nitrogen and oxygen atoms in total. The van der Waals surface area contributed by atoms with Gasteiger partial charge in [-0.3, -0.25) is 0 Å². The van der Waals surface area contributed by atoms with E-state index in [4.69, 9.17) is 26.2 Å². The molecule has 54 heavy (non-hydrogen) atoms. The van der Waals surface area contributed by atoms with Crippen molar-refractivity contribution >= 4 is 54.5 Å². The third-order valence-electron chi connectivity index (χ3n) is 10.1. The van der Waals surface area contributed by atoms with Crippen molar-refractivity contribution in [1.82, 2.24) is 19.5 Å². The Morgan fingerprint density at radius 3 is 2.00 bits per heavy atom. The predicted octanol–water partition coefficient (Wildman–Crippen LogP) is 12.7. The molecule has 0 spiro atoms. The van der Waals surface area contributed by atoms with Crippen LogP contribution in [0.5, 0.6) is 0 Å². The number of rotatable bonds is 5. The van der Waals surface area contributed by atoms with Gasteiger partial charge in [0.2, 0.25) is 0 Å². The van der Waals surface area contributed by atoms with E-state index in [1.54, 1.807) is 6.07 Å². The van der Waals surface area contributed by atoms with Gasteiger partial charge in [0.05, 0.1) is 23.6 Å². The highest BCUT2D eigenvalue weighted by atomic mass is 16.3. The molecule has 11 rings (SSSR count). The smallest absolute Gasteiger partial charge is 0.166 e. The first kappa shape index (κ1) is 25.6. The van der Waals surface area contributed by atoms with E-state index < -0.39 is 18.1 Å². The predicted molar refractivity (Wildman–Crippen MR) is 221 cm³/mol. The molecule has 0 radical (unpaired) electrons. The fourth-order valence-electron chi connectivity index (χ4n) is 7.71. The fraction of sp³-hybridized carbons (Fsp3) is 0. The molecule has 3 heterocycles. The highest BCUT2D eigenvalue weighted by molar-refractivity contribution is 6.15. The molecule has 0 fully saturated rings. The molecule has 0 amide bonds. The normalized spacial score (nSPS) is 13.0. The average molecular weight is 696 g/mol. The third-order valence-corrected chi connectivity index (χ3v) is 10.1. The number of nitrogens with zero attached hydrogens (tertiary/aromatic N) is 4. The SMILES string of the molecule is [2H]c1c([2H])c([2H])c(-c2cccc3c2oc2ccc(-c4nc(-c5ccccc5)nc(-c5cccc6c7ccccc7n(-c7cccc8ccccc78)c56)n4)cc23)c([2H])c1[2H]. The number of hydrogen-bond donors (Lipinski definition) is 0. The monoisotopic (exact) mass is 695 g/mol. The lowest BCUT2D eigenvalue weighted by molar-refractivity contribution is 0.670. The largest absolute Gasteiger partial charge is 0.455 e. The lowest BCUT2D eigenvalue weighted by Gasteiger charge is -2.14. The Balaban J connectivity index is 1.15. The molecule has 0 aliphatic carbocycles. The molecular weight excluding hydrogens is 661 g/mol. The van der Waals surface area contributed by atoms with E-state index in [1.165, 1.54) is 0 Å². The number of para-hydroxylation sites is 3. The van der Waals surface area contributed by atoms with Crippen LogP contribution in [-0.2, 0) is 0 Å². The Bertz CT molecular complexity index is 3490. The minimum atomic E-state index is -0.442. The van der Waals surface area contributed by atoms with Crippen LogP contribution < -0.4 is 0 Å². The summed E-state index contributed by atoms with van der Waals surface area (Å²) < 4.78 is 50.7. The van der Waals surface area contributed by atoms with Crippen molar-refractivity contribution in [2.75, 3.05) is 0 Å². The Labute approximate surface area is 317 Å². The molecule has 0 bridgehead atoms. The van der Waals surface area contributed by atoms with Crippen LogP contribution in [0, 0.1) is 0 Å². The summed E-state index contributed by atoms with van der Waals surface area (Å²) in [7, 11) is 0. The Morgan fingerprint density at radius 2 is 1.13 bits per heavy atom. The maximum absolute atomic E-state index is 8.65. The van der Waals surface area contributed by atoms with Gasteiger partial charge in [-0.1, -0.05) is 145 Å². The van der Waals surface area contributed by atoms with Gasteiger partial charge in [0, 0.05) is 49.2 Å². The summed E-state index contributed by atoms with van der Waals surface area (Å²) in [5.41, 5.74) is 7.05. The topological polar surface area (TPSA) is 56.7 Å². The van der Waals surface area contributed by atoms with E-state index >= 15 is 0 Å². The van der Waals surface area contributed by atoms with Crippen molar-refractivity contribution in [2.45, 2.75) is 0 Å². The van der Waals surface area contributed by atoms with Crippen molar-refractivity contribution < 1.29 is 11.3 Å². The van der Waals surface area contributed by atoms with Gasteiger partial charge in [-0.2, -0.15) is 0 Å². The molecule has 0 aliphatic rings. The second kappa shape index (κ2) is 12.1. The highest BCUT2D eigenvalue weighted by Crippen LogP contribution is 2.41. The van der Waals surface area contributed by atoms with Gasteiger partial charge in [0.25, 0.3) is 0 Å². The summed E-state index contributed by atoms with van der Waals surface area (Å²) >= 11 is 0. The minimum Gasteiger partial charge on any atom is -0.455 e. The molecule has 11 aromatic rings.